The van der Waals surface area contributed by atoms with Crippen molar-refractivity contribution in [3.63, 3.8) is 0 Å². The molecule has 0 amide bonds. The van der Waals surface area contributed by atoms with Gasteiger partial charge in [0.05, 0.1) is 21.2 Å². The lowest BCUT2D eigenvalue weighted by Crippen LogP contribution is -2.34. The van der Waals surface area contributed by atoms with E-state index in [1.165, 1.54) is 0 Å². The minimum atomic E-state index is -4.00. The van der Waals surface area contributed by atoms with Gasteiger partial charge in [-0.05, 0) is 40.9 Å². The molecular formula is C11H14BrFN2O4S2. The molecule has 0 radical (unpaired) electrons. The molecule has 1 unspecified atom stereocenters. The van der Waals surface area contributed by atoms with Crippen molar-refractivity contribution in [2.24, 2.45) is 0 Å². The first-order valence-electron chi connectivity index (χ1n) is 6.09. The molecule has 0 saturated carbocycles. The molecule has 1 fully saturated rings. The van der Waals surface area contributed by atoms with Crippen molar-refractivity contribution in [2.75, 3.05) is 18.0 Å². The molecule has 0 aromatic heterocycles. The highest BCUT2D eigenvalue weighted by atomic mass is 79.9. The fourth-order valence-electron chi connectivity index (χ4n) is 2.14. The minimum Gasteiger partial charge on any atom is -0.398 e. The van der Waals surface area contributed by atoms with Crippen LogP contribution in [0.5, 0.6) is 0 Å². The molecule has 1 aliphatic rings. The maximum Gasteiger partial charge on any atom is 0.242 e. The van der Waals surface area contributed by atoms with E-state index in [1.54, 1.807) is 0 Å². The largest absolute Gasteiger partial charge is 0.398 e. The van der Waals surface area contributed by atoms with Gasteiger partial charge in [-0.1, -0.05) is 0 Å². The number of sulfonamides is 1. The molecule has 21 heavy (non-hydrogen) atoms. The molecule has 0 aliphatic carbocycles. The third-order valence-electron chi connectivity index (χ3n) is 3.31. The summed E-state index contributed by atoms with van der Waals surface area (Å²) in [6, 6.07) is 1.95. The third kappa shape index (κ3) is 3.55. The molecule has 1 aromatic rings. The van der Waals surface area contributed by atoms with Crippen molar-refractivity contribution < 1.29 is 21.2 Å². The minimum absolute atomic E-state index is 0.0365. The van der Waals surface area contributed by atoms with E-state index in [2.05, 4.69) is 20.7 Å². The number of nitrogens with two attached hydrogens (primary N) is 1. The number of hydrogen-bond acceptors (Lipinski definition) is 5. The topological polar surface area (TPSA) is 106 Å². The summed E-state index contributed by atoms with van der Waals surface area (Å²) in [5, 5.41) is -0.725. The van der Waals surface area contributed by atoms with E-state index in [0.29, 0.717) is 12.8 Å². The molecule has 10 heteroatoms. The van der Waals surface area contributed by atoms with E-state index in [1.807, 2.05) is 0 Å². The van der Waals surface area contributed by atoms with E-state index in [9.17, 15) is 21.2 Å². The highest BCUT2D eigenvalue weighted by molar-refractivity contribution is 9.10. The highest BCUT2D eigenvalue weighted by Crippen LogP contribution is 2.26. The summed E-state index contributed by atoms with van der Waals surface area (Å²) >= 11 is 2.89. The number of anilines is 1. The molecule has 1 atom stereocenters. The van der Waals surface area contributed by atoms with Gasteiger partial charge >= 0.3 is 0 Å². The van der Waals surface area contributed by atoms with Gasteiger partial charge in [0.2, 0.25) is 10.0 Å². The van der Waals surface area contributed by atoms with Crippen LogP contribution in [0.2, 0.25) is 0 Å². The van der Waals surface area contributed by atoms with Gasteiger partial charge in [0.1, 0.15) is 10.7 Å². The van der Waals surface area contributed by atoms with Crippen LogP contribution in [0.4, 0.5) is 10.1 Å². The molecule has 2 rings (SSSR count). The lowest BCUT2D eigenvalue weighted by molar-refractivity contribution is 0.570. The Labute approximate surface area is 131 Å². The van der Waals surface area contributed by atoms with Gasteiger partial charge in [-0.15, -0.1) is 0 Å². The van der Waals surface area contributed by atoms with E-state index in [-0.39, 0.29) is 27.4 Å². The molecule has 3 N–H and O–H groups in total. The number of rotatable bonds is 4. The van der Waals surface area contributed by atoms with Crippen LogP contribution in [0.1, 0.15) is 12.8 Å². The number of nitrogen functional groups attached to an aromatic ring is 1. The van der Waals surface area contributed by atoms with Crippen LogP contribution in [-0.4, -0.2) is 34.4 Å². The third-order valence-corrected chi connectivity index (χ3v) is 7.67. The first-order chi connectivity index (χ1) is 9.63. The first-order valence-corrected chi connectivity index (χ1v) is 10.1. The van der Waals surface area contributed by atoms with Gasteiger partial charge in [0.15, 0.2) is 9.84 Å². The van der Waals surface area contributed by atoms with E-state index >= 15 is 0 Å². The van der Waals surface area contributed by atoms with Crippen LogP contribution in [0, 0.1) is 5.82 Å². The zero-order chi connectivity index (χ0) is 15.8. The Balaban J connectivity index is 2.22. The standard InChI is InChI=1S/C11H14BrFN2O4S2/c12-8-4-11(10(14)5-9(8)13)21(18,19)15-6-7-2-1-3-20(7,16)17/h4-5,7,15H,1-3,6,14H2. The fourth-order valence-corrected chi connectivity index (χ4v) is 5.73. The van der Waals surface area contributed by atoms with E-state index < -0.39 is 30.9 Å². The maximum absolute atomic E-state index is 13.3. The van der Waals surface area contributed by atoms with Gasteiger partial charge in [0.25, 0.3) is 0 Å². The maximum atomic E-state index is 13.3. The van der Waals surface area contributed by atoms with Crippen LogP contribution >= 0.6 is 15.9 Å². The Morgan fingerprint density at radius 1 is 1.43 bits per heavy atom. The number of hydrogen-bond donors (Lipinski definition) is 2. The zero-order valence-corrected chi connectivity index (χ0v) is 14.1. The second-order valence-electron chi connectivity index (χ2n) is 4.79. The summed E-state index contributed by atoms with van der Waals surface area (Å²) < 4.78 is 63.1. The number of halogens is 2. The Hall–Kier alpha value is -0.710. The van der Waals surface area contributed by atoms with Crippen molar-refractivity contribution in [3.05, 3.63) is 22.4 Å². The average molecular weight is 401 g/mol. The van der Waals surface area contributed by atoms with Crippen LogP contribution in [0.15, 0.2) is 21.5 Å². The van der Waals surface area contributed by atoms with Gasteiger partial charge < -0.3 is 5.73 Å². The summed E-state index contributed by atoms with van der Waals surface area (Å²) in [6.07, 6.45) is 0.951. The van der Waals surface area contributed by atoms with Gasteiger partial charge in [-0.3, -0.25) is 0 Å². The predicted octanol–water partition coefficient (Wildman–Crippen LogP) is 1.03. The normalized spacial score (nSPS) is 21.5. The van der Waals surface area contributed by atoms with Crippen molar-refractivity contribution in [1.82, 2.24) is 4.72 Å². The molecule has 6 nitrogen and oxygen atoms in total. The molecule has 0 spiro atoms. The molecule has 1 aliphatic heterocycles. The molecular weight excluding hydrogens is 387 g/mol. The zero-order valence-electron chi connectivity index (χ0n) is 10.8. The number of benzene rings is 1. The van der Waals surface area contributed by atoms with E-state index in [4.69, 9.17) is 5.73 Å². The average Bonchev–Trinajstić information content (AvgIpc) is 2.70. The van der Waals surface area contributed by atoms with Gasteiger partial charge in [0, 0.05) is 6.54 Å². The quantitative estimate of drug-likeness (QED) is 0.733. The Bertz CT molecular complexity index is 765. The number of nitrogens with one attached hydrogen (secondary N) is 1. The highest BCUT2D eigenvalue weighted by Gasteiger charge is 2.32. The lowest BCUT2D eigenvalue weighted by Gasteiger charge is -2.13. The summed E-state index contributed by atoms with van der Waals surface area (Å²) in [4.78, 5) is -0.286. The van der Waals surface area contributed by atoms with Crippen molar-refractivity contribution in [2.45, 2.75) is 23.0 Å². The second-order valence-corrected chi connectivity index (χ2v) is 9.78. The van der Waals surface area contributed by atoms with Crippen LogP contribution in [0.25, 0.3) is 0 Å². The predicted molar refractivity (Wildman–Crippen MR) is 80.5 cm³/mol. The lowest BCUT2D eigenvalue weighted by atomic mass is 10.2. The Morgan fingerprint density at radius 3 is 2.67 bits per heavy atom. The number of sulfone groups is 1. The fraction of sp³-hybridized carbons (Fsp3) is 0.455. The van der Waals surface area contributed by atoms with Crippen molar-refractivity contribution in [3.8, 4) is 0 Å². The summed E-state index contributed by atoms with van der Waals surface area (Å²) in [7, 11) is -7.25. The molecule has 118 valence electrons. The van der Waals surface area contributed by atoms with Crippen LogP contribution in [-0.2, 0) is 19.9 Å². The Kier molecular flexibility index (Phi) is 4.62. The van der Waals surface area contributed by atoms with E-state index in [0.717, 1.165) is 12.1 Å². The summed E-state index contributed by atoms with van der Waals surface area (Å²) in [5.74, 6) is -0.603. The monoisotopic (exact) mass is 400 g/mol. The van der Waals surface area contributed by atoms with Crippen LogP contribution in [0.3, 0.4) is 0 Å². The summed E-state index contributed by atoms with van der Waals surface area (Å²) in [6.45, 7) is -0.209. The van der Waals surface area contributed by atoms with Crippen molar-refractivity contribution >= 4 is 41.5 Å². The Morgan fingerprint density at radius 2 is 2.10 bits per heavy atom. The molecule has 1 saturated heterocycles. The van der Waals surface area contributed by atoms with Gasteiger partial charge in [-0.25, -0.2) is 25.9 Å². The van der Waals surface area contributed by atoms with Crippen LogP contribution < -0.4 is 10.5 Å². The summed E-state index contributed by atoms with van der Waals surface area (Å²) in [5.41, 5.74) is 5.28. The second kappa shape index (κ2) is 5.82. The van der Waals surface area contributed by atoms with Crippen molar-refractivity contribution in [1.29, 1.82) is 0 Å². The molecule has 1 heterocycles. The molecule has 1 aromatic carbocycles. The first kappa shape index (κ1) is 16.7. The molecule has 0 bridgehead atoms. The van der Waals surface area contributed by atoms with Gasteiger partial charge in [-0.2, -0.15) is 0 Å². The smallest absolute Gasteiger partial charge is 0.242 e. The SMILES string of the molecule is Nc1cc(F)c(Br)cc1S(=O)(=O)NCC1CCCS1(=O)=O.